The quantitative estimate of drug-likeness (QED) is 0.691. The highest BCUT2D eigenvalue weighted by molar-refractivity contribution is 9.10. The van der Waals surface area contributed by atoms with E-state index in [1.54, 1.807) is 6.07 Å². The molecular weight excluding hydrogens is 359 g/mol. The van der Waals surface area contributed by atoms with E-state index in [0.717, 1.165) is 11.3 Å². The number of imidazole rings is 1. The fourth-order valence-corrected chi connectivity index (χ4v) is 2.94. The monoisotopic (exact) mass is 376 g/mol. The summed E-state index contributed by atoms with van der Waals surface area (Å²) >= 11 is 9.10. The van der Waals surface area contributed by atoms with Crippen molar-refractivity contribution in [2.24, 2.45) is 0 Å². The van der Waals surface area contributed by atoms with Crippen LogP contribution in [0.4, 0.5) is 4.39 Å². The summed E-state index contributed by atoms with van der Waals surface area (Å²) in [7, 11) is 0. The molecule has 2 aromatic rings. The highest BCUT2D eigenvalue weighted by atomic mass is 79.9. The molecule has 6 heteroatoms. The van der Waals surface area contributed by atoms with Crippen molar-refractivity contribution in [1.29, 1.82) is 0 Å². The predicted molar refractivity (Wildman–Crippen MR) is 87.5 cm³/mol. The number of nitrogens with zero attached hydrogens (tertiary/aromatic N) is 2. The molecule has 1 heterocycles. The van der Waals surface area contributed by atoms with Gasteiger partial charge in [-0.1, -0.05) is 0 Å². The van der Waals surface area contributed by atoms with Gasteiger partial charge in [-0.2, -0.15) is 0 Å². The summed E-state index contributed by atoms with van der Waals surface area (Å²) in [5.74, 6) is 1.01. The van der Waals surface area contributed by atoms with Crippen LogP contribution in [0, 0.1) is 5.82 Å². The molecule has 1 aromatic heterocycles. The molecule has 0 atom stereocenters. The van der Waals surface area contributed by atoms with Crippen molar-refractivity contribution >= 4 is 38.6 Å². The number of aryl methyl sites for hydroxylation is 1. The molecule has 0 unspecified atom stereocenters. The van der Waals surface area contributed by atoms with Crippen LogP contribution in [0.25, 0.3) is 11.0 Å². The Morgan fingerprint density at radius 1 is 1.43 bits per heavy atom. The smallest absolute Gasteiger partial charge is 0.139 e. The first-order valence-corrected chi connectivity index (χ1v) is 8.25. The fourth-order valence-electron chi connectivity index (χ4n) is 2.44. The largest absolute Gasteiger partial charge is 0.374 e. The zero-order valence-electron chi connectivity index (χ0n) is 12.4. The SMILES string of the molecule is CCOC(C)(C)Cn1c(CCCl)nc2cc(F)c(Br)cc21. The predicted octanol–water partition coefficient (Wildman–Crippen LogP) is 4.53. The third kappa shape index (κ3) is 3.76. The number of fused-ring (bicyclic) bond motifs is 1. The van der Waals surface area contributed by atoms with Gasteiger partial charge in [-0.25, -0.2) is 9.37 Å². The number of benzene rings is 1. The maximum Gasteiger partial charge on any atom is 0.139 e. The number of alkyl halides is 1. The van der Waals surface area contributed by atoms with Gasteiger partial charge in [-0.05, 0) is 42.8 Å². The Hall–Kier alpha value is -0.650. The normalized spacial score (nSPS) is 12.3. The lowest BCUT2D eigenvalue weighted by Gasteiger charge is -2.26. The number of halogens is 3. The molecule has 2 rings (SSSR count). The van der Waals surface area contributed by atoms with Crippen LogP contribution in [0.3, 0.4) is 0 Å². The van der Waals surface area contributed by atoms with Crippen molar-refractivity contribution in [2.75, 3.05) is 12.5 Å². The van der Waals surface area contributed by atoms with E-state index in [0.29, 0.717) is 35.4 Å². The zero-order valence-corrected chi connectivity index (χ0v) is 14.8. The number of hydrogen-bond acceptors (Lipinski definition) is 2. The molecule has 0 aliphatic carbocycles. The topological polar surface area (TPSA) is 27.1 Å². The molecule has 0 fully saturated rings. The summed E-state index contributed by atoms with van der Waals surface area (Å²) in [6, 6.07) is 3.21. The average Bonchev–Trinajstić information content (AvgIpc) is 2.68. The third-order valence-electron chi connectivity index (χ3n) is 3.26. The standard InChI is InChI=1S/C15H19BrClFN2O/c1-4-21-15(2,3)9-20-13-7-10(16)11(18)8-12(13)19-14(20)5-6-17/h7-8H,4-6,9H2,1-3H3. The van der Waals surface area contributed by atoms with Gasteiger partial charge >= 0.3 is 0 Å². The molecule has 0 N–H and O–H groups in total. The second-order valence-electron chi connectivity index (χ2n) is 5.50. The Balaban J connectivity index is 2.52. The average molecular weight is 378 g/mol. The van der Waals surface area contributed by atoms with Gasteiger partial charge in [0.1, 0.15) is 11.6 Å². The van der Waals surface area contributed by atoms with Crippen LogP contribution in [0.2, 0.25) is 0 Å². The van der Waals surface area contributed by atoms with Crippen LogP contribution in [0.5, 0.6) is 0 Å². The zero-order chi connectivity index (χ0) is 15.6. The Morgan fingerprint density at radius 3 is 2.76 bits per heavy atom. The summed E-state index contributed by atoms with van der Waals surface area (Å²) < 4.78 is 22.0. The second-order valence-corrected chi connectivity index (χ2v) is 6.73. The summed E-state index contributed by atoms with van der Waals surface area (Å²) in [6.07, 6.45) is 0.637. The molecule has 0 saturated carbocycles. The van der Waals surface area contributed by atoms with Crippen molar-refractivity contribution in [2.45, 2.75) is 39.3 Å². The molecule has 0 spiro atoms. The van der Waals surface area contributed by atoms with Gasteiger partial charge in [0.15, 0.2) is 0 Å². The number of rotatable bonds is 6. The minimum Gasteiger partial charge on any atom is -0.374 e. The molecule has 0 amide bonds. The molecule has 0 bridgehead atoms. The highest BCUT2D eigenvalue weighted by Crippen LogP contribution is 2.26. The van der Waals surface area contributed by atoms with Gasteiger partial charge < -0.3 is 9.30 Å². The van der Waals surface area contributed by atoms with E-state index < -0.39 is 0 Å². The molecule has 21 heavy (non-hydrogen) atoms. The first-order valence-electron chi connectivity index (χ1n) is 6.92. The van der Waals surface area contributed by atoms with E-state index in [4.69, 9.17) is 16.3 Å². The van der Waals surface area contributed by atoms with Crippen molar-refractivity contribution in [3.63, 3.8) is 0 Å². The van der Waals surface area contributed by atoms with Crippen LogP contribution in [0.1, 0.15) is 26.6 Å². The molecule has 0 radical (unpaired) electrons. The number of ether oxygens (including phenoxy) is 1. The molecular formula is C15H19BrClFN2O. The minimum absolute atomic E-state index is 0.311. The van der Waals surface area contributed by atoms with Crippen molar-refractivity contribution < 1.29 is 9.13 Å². The minimum atomic E-state index is -0.329. The van der Waals surface area contributed by atoms with E-state index in [-0.39, 0.29) is 11.4 Å². The summed E-state index contributed by atoms with van der Waals surface area (Å²) in [6.45, 7) is 7.32. The van der Waals surface area contributed by atoms with E-state index in [1.165, 1.54) is 6.07 Å². The number of aromatic nitrogens is 2. The van der Waals surface area contributed by atoms with Crippen LogP contribution >= 0.6 is 27.5 Å². The van der Waals surface area contributed by atoms with Gasteiger partial charge in [0.25, 0.3) is 0 Å². The van der Waals surface area contributed by atoms with Gasteiger partial charge in [0.2, 0.25) is 0 Å². The fraction of sp³-hybridized carbons (Fsp3) is 0.533. The Bertz CT molecular complexity index is 642. The van der Waals surface area contributed by atoms with Gasteiger partial charge in [0.05, 0.1) is 27.7 Å². The van der Waals surface area contributed by atoms with Crippen LogP contribution in [-0.4, -0.2) is 27.6 Å². The van der Waals surface area contributed by atoms with E-state index in [2.05, 4.69) is 25.5 Å². The third-order valence-corrected chi connectivity index (χ3v) is 4.06. The van der Waals surface area contributed by atoms with Crippen molar-refractivity contribution in [3.8, 4) is 0 Å². The van der Waals surface area contributed by atoms with Gasteiger partial charge in [0, 0.05) is 25.0 Å². The molecule has 0 saturated heterocycles. The van der Waals surface area contributed by atoms with Crippen LogP contribution in [0.15, 0.2) is 16.6 Å². The summed E-state index contributed by atoms with van der Waals surface area (Å²) in [5.41, 5.74) is 1.20. The van der Waals surface area contributed by atoms with Gasteiger partial charge in [-0.3, -0.25) is 0 Å². The van der Waals surface area contributed by atoms with Crippen molar-refractivity contribution in [1.82, 2.24) is 9.55 Å². The maximum absolute atomic E-state index is 13.7. The van der Waals surface area contributed by atoms with Gasteiger partial charge in [-0.15, -0.1) is 11.6 Å². The first-order chi connectivity index (χ1) is 9.88. The lowest BCUT2D eigenvalue weighted by Crippen LogP contribution is -2.31. The second kappa shape index (κ2) is 6.63. The molecule has 3 nitrogen and oxygen atoms in total. The van der Waals surface area contributed by atoms with E-state index in [1.807, 2.05) is 20.8 Å². The van der Waals surface area contributed by atoms with Crippen LogP contribution < -0.4 is 0 Å². The molecule has 0 aliphatic rings. The summed E-state index contributed by atoms with van der Waals surface area (Å²) in [4.78, 5) is 4.51. The highest BCUT2D eigenvalue weighted by Gasteiger charge is 2.22. The Labute approximate surface area is 137 Å². The molecule has 116 valence electrons. The lowest BCUT2D eigenvalue weighted by atomic mass is 10.1. The van der Waals surface area contributed by atoms with Crippen molar-refractivity contribution in [3.05, 3.63) is 28.2 Å². The molecule has 1 aromatic carbocycles. The first kappa shape index (κ1) is 16.7. The lowest BCUT2D eigenvalue weighted by molar-refractivity contribution is -0.0221. The summed E-state index contributed by atoms with van der Waals surface area (Å²) in [5, 5.41) is 0. The van der Waals surface area contributed by atoms with Crippen LogP contribution in [-0.2, 0) is 17.7 Å². The Morgan fingerprint density at radius 2 is 2.14 bits per heavy atom. The van der Waals surface area contributed by atoms with E-state index in [9.17, 15) is 4.39 Å². The molecule has 0 aliphatic heterocycles. The number of hydrogen-bond donors (Lipinski definition) is 0. The van der Waals surface area contributed by atoms with E-state index >= 15 is 0 Å². The Kier molecular flexibility index (Phi) is 5.28. The maximum atomic E-state index is 13.7.